The number of ether oxygens (including phenoxy) is 2. The van der Waals surface area contributed by atoms with Crippen LogP contribution in [0.25, 0.3) is 11.1 Å². The first kappa shape index (κ1) is 30.8. The van der Waals surface area contributed by atoms with Crippen molar-refractivity contribution < 1.29 is 29.0 Å². The standard InChI is InChI=1S/C30H40N6O6/c1-30(2,3)42-29(40)31-13-6-4-5-7-14-35-19-23(18-32-35)21-9-8-10-22(17-21)27(37)33-25-20-36(34-26(25)28(38)39)24-11-15-41-16-12-24/h8-10,17-20,24H,4-7,11-16H2,1-3H3,(H,31,40)(H,33,37)(H,38,39). The number of hydrogen-bond acceptors (Lipinski definition) is 7. The van der Waals surface area contributed by atoms with E-state index in [9.17, 15) is 19.5 Å². The molecule has 42 heavy (non-hydrogen) atoms. The highest BCUT2D eigenvalue weighted by Crippen LogP contribution is 2.25. The SMILES string of the molecule is CC(C)(C)OC(=O)NCCCCCCn1cc(-c2cccc(C(=O)Nc3cn(C4CCOCC4)nc3C(=O)O)c2)cn1. The number of hydrogen-bond donors (Lipinski definition) is 3. The molecule has 0 aliphatic carbocycles. The Bertz CT molecular complexity index is 1370. The molecule has 0 atom stereocenters. The second-order valence-corrected chi connectivity index (χ2v) is 11.4. The molecule has 4 rings (SSSR count). The van der Waals surface area contributed by atoms with Crippen molar-refractivity contribution in [3.8, 4) is 11.1 Å². The van der Waals surface area contributed by atoms with Gasteiger partial charge >= 0.3 is 12.1 Å². The minimum atomic E-state index is -1.20. The fourth-order valence-corrected chi connectivity index (χ4v) is 4.70. The number of aromatic nitrogens is 4. The maximum atomic E-state index is 13.1. The number of aromatic carboxylic acids is 1. The number of carbonyl (C=O) groups is 3. The Balaban J connectivity index is 1.27. The van der Waals surface area contributed by atoms with Crippen LogP contribution >= 0.6 is 0 Å². The quantitative estimate of drug-likeness (QED) is 0.250. The monoisotopic (exact) mass is 580 g/mol. The van der Waals surface area contributed by atoms with E-state index in [1.165, 1.54) is 0 Å². The molecule has 3 heterocycles. The maximum absolute atomic E-state index is 13.1. The first-order chi connectivity index (χ1) is 20.1. The largest absolute Gasteiger partial charge is 0.476 e. The Kier molecular flexibility index (Phi) is 10.3. The van der Waals surface area contributed by atoms with Gasteiger partial charge in [0.25, 0.3) is 5.91 Å². The molecule has 1 aliphatic heterocycles. The van der Waals surface area contributed by atoms with E-state index in [1.807, 2.05) is 37.7 Å². The fourth-order valence-electron chi connectivity index (χ4n) is 4.70. The van der Waals surface area contributed by atoms with Crippen molar-refractivity contribution in [2.75, 3.05) is 25.1 Å². The second-order valence-electron chi connectivity index (χ2n) is 11.4. The van der Waals surface area contributed by atoms with Gasteiger partial charge in [0.2, 0.25) is 0 Å². The molecular formula is C30H40N6O6. The minimum Gasteiger partial charge on any atom is -0.476 e. The van der Waals surface area contributed by atoms with Gasteiger partial charge in [-0.3, -0.25) is 14.2 Å². The van der Waals surface area contributed by atoms with Gasteiger partial charge in [0.1, 0.15) is 5.60 Å². The Morgan fingerprint density at radius 2 is 1.83 bits per heavy atom. The first-order valence-electron chi connectivity index (χ1n) is 14.4. The van der Waals surface area contributed by atoms with Crippen LogP contribution in [-0.2, 0) is 16.0 Å². The van der Waals surface area contributed by atoms with Crippen molar-refractivity contribution in [1.82, 2.24) is 24.9 Å². The second kappa shape index (κ2) is 14.1. The lowest BCUT2D eigenvalue weighted by atomic mass is 10.1. The first-order valence-corrected chi connectivity index (χ1v) is 14.4. The Morgan fingerprint density at radius 3 is 2.57 bits per heavy atom. The molecule has 2 aromatic heterocycles. The van der Waals surface area contributed by atoms with Crippen molar-refractivity contribution in [2.45, 2.75) is 77.5 Å². The fraction of sp³-hybridized carbons (Fsp3) is 0.500. The number of nitrogens with zero attached hydrogens (tertiary/aromatic N) is 4. The van der Waals surface area contributed by atoms with Gasteiger partial charge in [-0.1, -0.05) is 25.0 Å². The Morgan fingerprint density at radius 1 is 1.07 bits per heavy atom. The lowest BCUT2D eigenvalue weighted by Gasteiger charge is -2.22. The lowest BCUT2D eigenvalue weighted by molar-refractivity contribution is 0.0526. The number of carbonyl (C=O) groups excluding carboxylic acids is 2. The predicted octanol–water partition coefficient (Wildman–Crippen LogP) is 5.13. The van der Waals surface area contributed by atoms with Gasteiger partial charge in [-0.25, -0.2) is 9.59 Å². The van der Waals surface area contributed by atoms with Crippen LogP contribution in [0.1, 0.15) is 86.2 Å². The van der Waals surface area contributed by atoms with E-state index in [0.29, 0.717) is 25.3 Å². The van der Waals surface area contributed by atoms with Gasteiger partial charge in [0.15, 0.2) is 5.69 Å². The van der Waals surface area contributed by atoms with Gasteiger partial charge in [-0.15, -0.1) is 0 Å². The van der Waals surface area contributed by atoms with E-state index in [0.717, 1.165) is 56.2 Å². The summed E-state index contributed by atoms with van der Waals surface area (Å²) in [5.74, 6) is -1.62. The molecule has 0 radical (unpaired) electrons. The summed E-state index contributed by atoms with van der Waals surface area (Å²) in [6.45, 7) is 8.04. The zero-order valence-electron chi connectivity index (χ0n) is 24.5. The van der Waals surface area contributed by atoms with Crippen LogP contribution in [0.4, 0.5) is 10.5 Å². The number of nitrogens with one attached hydrogen (secondary N) is 2. The molecule has 0 spiro atoms. The number of carboxylic acid groups (broad SMARTS) is 1. The summed E-state index contributed by atoms with van der Waals surface area (Å²) in [7, 11) is 0. The van der Waals surface area contributed by atoms with Crippen LogP contribution in [0, 0.1) is 0 Å². The van der Waals surface area contributed by atoms with E-state index in [4.69, 9.17) is 9.47 Å². The summed E-state index contributed by atoms with van der Waals surface area (Å²) in [6, 6.07) is 7.17. The van der Waals surface area contributed by atoms with Crippen LogP contribution in [0.3, 0.4) is 0 Å². The zero-order valence-corrected chi connectivity index (χ0v) is 24.5. The minimum absolute atomic E-state index is 0.0311. The molecule has 2 amide bonds. The van der Waals surface area contributed by atoms with Crippen molar-refractivity contribution in [1.29, 1.82) is 0 Å². The molecule has 1 aliphatic rings. The topological polar surface area (TPSA) is 150 Å². The van der Waals surface area contributed by atoms with Crippen molar-refractivity contribution >= 4 is 23.7 Å². The number of alkyl carbamates (subject to hydrolysis) is 1. The molecule has 226 valence electrons. The van der Waals surface area contributed by atoms with E-state index in [1.54, 1.807) is 35.3 Å². The lowest BCUT2D eigenvalue weighted by Crippen LogP contribution is -2.32. The highest BCUT2D eigenvalue weighted by Gasteiger charge is 2.23. The highest BCUT2D eigenvalue weighted by atomic mass is 16.6. The van der Waals surface area contributed by atoms with Crippen LogP contribution in [0.5, 0.6) is 0 Å². The summed E-state index contributed by atoms with van der Waals surface area (Å²) in [5, 5.41) is 23.8. The average Bonchev–Trinajstić information content (AvgIpc) is 3.60. The van der Waals surface area contributed by atoms with E-state index in [2.05, 4.69) is 20.8 Å². The number of benzene rings is 1. The van der Waals surface area contributed by atoms with Crippen molar-refractivity contribution in [2.24, 2.45) is 0 Å². The van der Waals surface area contributed by atoms with Crippen LogP contribution in [0.15, 0.2) is 42.9 Å². The third kappa shape index (κ3) is 8.90. The van der Waals surface area contributed by atoms with Gasteiger partial charge in [-0.2, -0.15) is 10.2 Å². The molecule has 1 saturated heterocycles. The van der Waals surface area contributed by atoms with Crippen LogP contribution < -0.4 is 10.6 Å². The highest BCUT2D eigenvalue weighted by molar-refractivity contribution is 6.07. The average molecular weight is 581 g/mol. The summed E-state index contributed by atoms with van der Waals surface area (Å²) in [5.41, 5.74) is 1.59. The summed E-state index contributed by atoms with van der Waals surface area (Å²) >= 11 is 0. The third-order valence-corrected chi connectivity index (χ3v) is 6.82. The summed E-state index contributed by atoms with van der Waals surface area (Å²) in [6.07, 6.45) is 10.2. The molecule has 0 saturated carbocycles. The zero-order chi connectivity index (χ0) is 30.1. The van der Waals surface area contributed by atoms with Crippen molar-refractivity contribution in [3.05, 3.63) is 54.1 Å². The molecule has 12 nitrogen and oxygen atoms in total. The Hall–Kier alpha value is -4.19. The van der Waals surface area contributed by atoms with Gasteiger partial charge in [0, 0.05) is 49.8 Å². The number of unbranched alkanes of at least 4 members (excludes halogenated alkanes) is 3. The summed E-state index contributed by atoms with van der Waals surface area (Å²) in [4.78, 5) is 36.6. The van der Waals surface area contributed by atoms with Gasteiger partial charge in [-0.05, 0) is 64.2 Å². The molecule has 3 aromatic rings. The molecule has 3 N–H and O–H groups in total. The van der Waals surface area contributed by atoms with Crippen molar-refractivity contribution in [3.63, 3.8) is 0 Å². The molecule has 1 aromatic carbocycles. The molecule has 0 bridgehead atoms. The van der Waals surface area contributed by atoms with Crippen LogP contribution in [-0.4, -0.2) is 68.0 Å². The molecule has 1 fully saturated rings. The number of anilines is 1. The van der Waals surface area contributed by atoms with Gasteiger partial charge < -0.3 is 25.2 Å². The molecule has 0 unspecified atom stereocenters. The molecule has 12 heteroatoms. The smallest absolute Gasteiger partial charge is 0.407 e. The number of carboxylic acids is 1. The summed E-state index contributed by atoms with van der Waals surface area (Å²) < 4.78 is 14.1. The number of amides is 2. The number of rotatable bonds is 12. The predicted molar refractivity (Wildman–Crippen MR) is 157 cm³/mol. The van der Waals surface area contributed by atoms with E-state index < -0.39 is 17.5 Å². The Labute approximate surface area is 245 Å². The van der Waals surface area contributed by atoms with Gasteiger partial charge in [0.05, 0.1) is 17.9 Å². The van der Waals surface area contributed by atoms with E-state index in [-0.39, 0.29) is 23.5 Å². The number of aryl methyl sites for hydroxylation is 1. The third-order valence-electron chi connectivity index (χ3n) is 6.82. The normalized spacial score (nSPS) is 14.0. The maximum Gasteiger partial charge on any atom is 0.407 e. The molecular weight excluding hydrogens is 540 g/mol. The van der Waals surface area contributed by atoms with E-state index >= 15 is 0 Å². The van der Waals surface area contributed by atoms with Crippen LogP contribution in [0.2, 0.25) is 0 Å².